The van der Waals surface area contributed by atoms with Crippen LogP contribution in [-0.4, -0.2) is 21.4 Å². The van der Waals surface area contributed by atoms with E-state index in [0.29, 0.717) is 11.4 Å². The predicted molar refractivity (Wildman–Crippen MR) is 239 cm³/mol. The fourth-order valence-electron chi connectivity index (χ4n) is 6.96. The van der Waals surface area contributed by atoms with E-state index in [-0.39, 0.29) is 0 Å². The maximum Gasteiger partial charge on any atom is 0.0726 e. The van der Waals surface area contributed by atoms with Gasteiger partial charge in [0.05, 0.1) is 28.5 Å². The first kappa shape index (κ1) is 36.5. The molecular formula is C52H41N5. The molecule has 3 N–H and O–H groups in total. The maximum atomic E-state index is 8.01. The van der Waals surface area contributed by atoms with Crippen LogP contribution in [0.5, 0.6) is 0 Å². The van der Waals surface area contributed by atoms with Crippen molar-refractivity contribution >= 4 is 22.8 Å². The average molecular weight is 736 g/mol. The Morgan fingerprint density at radius 1 is 0.456 bits per heavy atom. The molecule has 2 heterocycles. The second-order valence-electron chi connectivity index (χ2n) is 14.0. The first-order chi connectivity index (χ1) is 27.9. The van der Waals surface area contributed by atoms with Crippen molar-refractivity contribution in [2.45, 2.75) is 13.8 Å². The summed E-state index contributed by atoms with van der Waals surface area (Å²) in [5.74, 6) is 0. The number of allylic oxidation sites excluding steroid dienone is 1. The third kappa shape index (κ3) is 8.44. The molecule has 0 amide bonds. The van der Waals surface area contributed by atoms with Crippen LogP contribution in [0.3, 0.4) is 0 Å². The van der Waals surface area contributed by atoms with E-state index in [9.17, 15) is 0 Å². The highest BCUT2D eigenvalue weighted by Gasteiger charge is 2.15. The van der Waals surface area contributed by atoms with Crippen molar-refractivity contribution in [3.05, 3.63) is 205 Å². The predicted octanol–water partition coefficient (Wildman–Crippen LogP) is 13.0. The quantitative estimate of drug-likeness (QED) is 0.137. The SMILES string of the molecule is CC(=N)C=C(N)c1ccccc1N=C(C)c1cc(-c2cc(-c3ccccc3)nc(-c3ccccc3)c2)cc(-c2cc(-c3ccccc3)nc(-c3ccccc3)c2)c1. The molecule has 0 aliphatic heterocycles. The number of para-hydroxylation sites is 1. The lowest BCUT2D eigenvalue weighted by Crippen LogP contribution is -2.01. The molecule has 5 heteroatoms. The van der Waals surface area contributed by atoms with Gasteiger partial charge in [0, 0.05) is 44.9 Å². The van der Waals surface area contributed by atoms with Crippen LogP contribution in [0.4, 0.5) is 5.69 Å². The molecule has 8 rings (SSSR count). The summed E-state index contributed by atoms with van der Waals surface area (Å²) >= 11 is 0. The summed E-state index contributed by atoms with van der Waals surface area (Å²) in [5.41, 5.74) is 22.6. The lowest BCUT2D eigenvalue weighted by molar-refractivity contribution is 1.32. The summed E-state index contributed by atoms with van der Waals surface area (Å²) in [7, 11) is 0. The van der Waals surface area contributed by atoms with Crippen LogP contribution < -0.4 is 5.73 Å². The first-order valence-corrected chi connectivity index (χ1v) is 19.0. The molecule has 0 fully saturated rings. The Labute approximate surface area is 334 Å². The smallest absolute Gasteiger partial charge is 0.0726 e. The lowest BCUT2D eigenvalue weighted by atomic mass is 9.92. The van der Waals surface area contributed by atoms with Gasteiger partial charge in [0.2, 0.25) is 0 Å². The van der Waals surface area contributed by atoms with Gasteiger partial charge in [-0.15, -0.1) is 0 Å². The molecule has 5 nitrogen and oxygen atoms in total. The van der Waals surface area contributed by atoms with E-state index in [1.165, 1.54) is 0 Å². The van der Waals surface area contributed by atoms with Gasteiger partial charge in [-0.1, -0.05) is 140 Å². The molecule has 0 unspecified atom stereocenters. The molecular weight excluding hydrogens is 695 g/mol. The molecule has 0 aliphatic carbocycles. The van der Waals surface area contributed by atoms with Crippen LogP contribution >= 0.6 is 0 Å². The van der Waals surface area contributed by atoms with E-state index in [2.05, 4.69) is 91.0 Å². The van der Waals surface area contributed by atoms with Gasteiger partial charge in [-0.25, -0.2) is 9.97 Å². The van der Waals surface area contributed by atoms with Gasteiger partial charge < -0.3 is 11.1 Å². The van der Waals surface area contributed by atoms with Crippen molar-refractivity contribution in [1.29, 1.82) is 5.41 Å². The number of hydrogen-bond donors (Lipinski definition) is 2. The molecule has 0 saturated heterocycles. The van der Waals surface area contributed by atoms with Gasteiger partial charge >= 0.3 is 0 Å². The molecule has 2 aromatic heterocycles. The topological polar surface area (TPSA) is 88.0 Å². The minimum Gasteiger partial charge on any atom is -0.398 e. The molecule has 274 valence electrons. The van der Waals surface area contributed by atoms with Gasteiger partial charge in [0.1, 0.15) is 0 Å². The Morgan fingerprint density at radius 2 is 0.807 bits per heavy atom. The number of benzene rings is 6. The second-order valence-corrected chi connectivity index (χ2v) is 14.0. The monoisotopic (exact) mass is 735 g/mol. The van der Waals surface area contributed by atoms with E-state index in [1.54, 1.807) is 13.0 Å². The number of rotatable bonds is 10. The molecule has 0 aliphatic rings. The Hall–Kier alpha value is -7.50. The highest BCUT2D eigenvalue weighted by atomic mass is 14.8. The number of pyridine rings is 2. The van der Waals surface area contributed by atoms with Crippen LogP contribution in [0.1, 0.15) is 25.0 Å². The fraction of sp³-hybridized carbons (Fsp3) is 0.0385. The summed E-state index contributed by atoms with van der Waals surface area (Å²) < 4.78 is 0. The third-order valence-electron chi connectivity index (χ3n) is 9.82. The highest BCUT2D eigenvalue weighted by Crippen LogP contribution is 2.36. The van der Waals surface area contributed by atoms with Crippen LogP contribution in [0.2, 0.25) is 0 Å². The van der Waals surface area contributed by atoms with Crippen molar-refractivity contribution in [2.75, 3.05) is 0 Å². The average Bonchev–Trinajstić information content (AvgIpc) is 3.27. The summed E-state index contributed by atoms with van der Waals surface area (Å²) in [4.78, 5) is 15.5. The summed E-state index contributed by atoms with van der Waals surface area (Å²) in [6.07, 6.45) is 1.67. The Kier molecular flexibility index (Phi) is 10.5. The zero-order valence-electron chi connectivity index (χ0n) is 31.9. The van der Waals surface area contributed by atoms with Gasteiger partial charge in [-0.05, 0) is 96.3 Å². The molecule has 57 heavy (non-hydrogen) atoms. The molecule has 6 aromatic carbocycles. The van der Waals surface area contributed by atoms with Crippen LogP contribution in [0.15, 0.2) is 199 Å². The third-order valence-corrected chi connectivity index (χ3v) is 9.82. The summed E-state index contributed by atoms with van der Waals surface area (Å²) in [6.45, 7) is 3.75. The fourth-order valence-corrected chi connectivity index (χ4v) is 6.96. The normalized spacial score (nSPS) is 11.7. The number of aromatic nitrogens is 2. The zero-order chi connectivity index (χ0) is 39.1. The van der Waals surface area contributed by atoms with Crippen molar-refractivity contribution in [2.24, 2.45) is 10.7 Å². The molecule has 0 saturated carbocycles. The Morgan fingerprint density at radius 3 is 1.19 bits per heavy atom. The van der Waals surface area contributed by atoms with Crippen molar-refractivity contribution in [3.8, 4) is 67.3 Å². The molecule has 0 spiro atoms. The number of nitrogens with zero attached hydrogens (tertiary/aromatic N) is 3. The number of aliphatic imine (C=N–C) groups is 1. The van der Waals surface area contributed by atoms with Crippen molar-refractivity contribution in [3.63, 3.8) is 0 Å². The van der Waals surface area contributed by atoms with E-state index in [4.69, 9.17) is 26.1 Å². The van der Waals surface area contributed by atoms with Crippen LogP contribution in [0.25, 0.3) is 73.0 Å². The van der Waals surface area contributed by atoms with Gasteiger partial charge in [-0.2, -0.15) is 0 Å². The standard InChI is InChI=1S/C52H41N5/c1-35(53)27-47(54)46-25-15-16-26-48(46)55-36(2)41-28-42(44-31-49(37-17-7-3-8-18-37)56-50(32-44)38-19-9-4-10-20-38)30-43(29-41)45-33-51(39-21-11-5-12-22-39)57-52(34-45)40-23-13-6-14-24-40/h3-34,53H,54H2,1-2H3. The summed E-state index contributed by atoms with van der Waals surface area (Å²) in [6, 6.07) is 64.5. The largest absolute Gasteiger partial charge is 0.398 e. The van der Waals surface area contributed by atoms with Gasteiger partial charge in [-0.3, -0.25) is 4.99 Å². The molecule has 0 atom stereocenters. The Bertz CT molecular complexity index is 2490. The molecule has 0 bridgehead atoms. The van der Waals surface area contributed by atoms with Crippen molar-refractivity contribution < 1.29 is 0 Å². The van der Waals surface area contributed by atoms with Gasteiger partial charge in [0.15, 0.2) is 0 Å². The van der Waals surface area contributed by atoms with Gasteiger partial charge in [0.25, 0.3) is 0 Å². The van der Waals surface area contributed by atoms with E-state index in [0.717, 1.165) is 89.8 Å². The number of nitrogens with one attached hydrogen (secondary N) is 1. The van der Waals surface area contributed by atoms with Crippen LogP contribution in [-0.2, 0) is 0 Å². The second kappa shape index (κ2) is 16.5. The zero-order valence-corrected chi connectivity index (χ0v) is 31.9. The first-order valence-electron chi connectivity index (χ1n) is 19.0. The highest BCUT2D eigenvalue weighted by molar-refractivity contribution is 6.04. The minimum absolute atomic E-state index is 0.379. The van der Waals surface area contributed by atoms with Crippen LogP contribution in [0, 0.1) is 5.41 Å². The van der Waals surface area contributed by atoms with Crippen molar-refractivity contribution in [1.82, 2.24) is 9.97 Å². The lowest BCUT2D eigenvalue weighted by Gasteiger charge is -2.15. The number of hydrogen-bond acceptors (Lipinski definition) is 5. The summed E-state index contributed by atoms with van der Waals surface area (Å²) in [5, 5.41) is 8.01. The number of nitrogens with two attached hydrogens (primary N) is 1. The maximum absolute atomic E-state index is 8.01. The van der Waals surface area contributed by atoms with E-state index in [1.807, 2.05) is 104 Å². The molecule has 0 radical (unpaired) electrons. The minimum atomic E-state index is 0.379. The molecule has 8 aromatic rings. The Balaban J connectivity index is 1.37. The van der Waals surface area contributed by atoms with E-state index >= 15 is 0 Å². The van der Waals surface area contributed by atoms with E-state index < -0.39 is 0 Å².